The minimum atomic E-state index is -0.748. The summed E-state index contributed by atoms with van der Waals surface area (Å²) in [6.45, 7) is 3.42. The Morgan fingerprint density at radius 1 is 1.30 bits per heavy atom. The maximum Gasteiger partial charge on any atom is 0.311 e. The number of aliphatic hydroxyl groups excluding tert-OH is 1. The Morgan fingerprint density at radius 3 is 2.70 bits per heavy atom. The van der Waals surface area contributed by atoms with Crippen molar-refractivity contribution in [2.24, 2.45) is 5.92 Å². The number of carbonyl (C=O) groups excluding carboxylic acids is 2. The predicted molar refractivity (Wildman–Crippen MR) is 122 cm³/mol. The highest BCUT2D eigenvalue weighted by Gasteiger charge is 2.38. The van der Waals surface area contributed by atoms with Crippen LogP contribution >= 0.6 is 0 Å². The van der Waals surface area contributed by atoms with Gasteiger partial charge < -0.3 is 19.9 Å². The molecule has 0 unspecified atom stereocenters. The van der Waals surface area contributed by atoms with E-state index in [4.69, 9.17) is 9.47 Å². The number of methoxy groups -OCH3 is 1. The number of nitrogens with one attached hydrogen (secondary N) is 1. The zero-order valence-electron chi connectivity index (χ0n) is 17.9. The molecule has 2 N–H and O–H groups in total. The number of nitrogens with zero attached hydrogens (tertiary/aromatic N) is 1. The third kappa shape index (κ3) is 4.52. The van der Waals surface area contributed by atoms with Crippen molar-refractivity contribution in [3.63, 3.8) is 0 Å². The molecule has 0 saturated carbocycles. The Balaban J connectivity index is 0.00000306. The summed E-state index contributed by atoms with van der Waals surface area (Å²) in [5, 5.41) is 12.1. The normalized spacial score (nSPS) is 19.1. The van der Waals surface area contributed by atoms with Crippen molar-refractivity contribution >= 4 is 28.7 Å². The molecule has 4 rings (SSSR count). The maximum atomic E-state index is 13.8. The van der Waals surface area contributed by atoms with E-state index in [9.17, 15) is 19.1 Å². The molecule has 7 nitrogen and oxygen atoms in total. The standard InChI is InChI=1S/C24H23FN2O5.CH4/c1-24(2)18(13-4-6-16(26-11-13)8-14(12-28)23(30)31-3)10-20(32-24)21-17-9-15(25)5-7-19(17)27-22(21)29;/h4-7,9-11,14,28H,8,12H2,1-3H3,(H,27,29);1H4/b21-20+;/t14-;/m1./s1. The van der Waals surface area contributed by atoms with Gasteiger partial charge in [0, 0.05) is 40.7 Å². The summed E-state index contributed by atoms with van der Waals surface area (Å²) in [6, 6.07) is 7.75. The fourth-order valence-corrected chi connectivity index (χ4v) is 3.95. The third-order valence-electron chi connectivity index (χ3n) is 5.61. The van der Waals surface area contributed by atoms with E-state index in [0.717, 1.165) is 11.1 Å². The van der Waals surface area contributed by atoms with Crippen molar-refractivity contribution in [2.75, 3.05) is 19.0 Å². The van der Waals surface area contributed by atoms with Gasteiger partial charge in [-0.2, -0.15) is 0 Å². The van der Waals surface area contributed by atoms with Gasteiger partial charge in [0.05, 0.1) is 25.2 Å². The van der Waals surface area contributed by atoms with Gasteiger partial charge in [0.1, 0.15) is 17.2 Å². The number of benzene rings is 1. The fraction of sp³-hybridized carbons (Fsp3) is 0.320. The second kappa shape index (κ2) is 9.15. The molecule has 1 aromatic carbocycles. The molecular weight excluding hydrogens is 427 g/mol. The summed E-state index contributed by atoms with van der Waals surface area (Å²) in [6.07, 6.45) is 3.69. The summed E-state index contributed by atoms with van der Waals surface area (Å²) in [5.41, 5.74) is 2.77. The van der Waals surface area contributed by atoms with Gasteiger partial charge in [0.2, 0.25) is 0 Å². The number of anilines is 1. The molecule has 8 heteroatoms. The number of esters is 1. The topological polar surface area (TPSA) is 97.8 Å². The van der Waals surface area contributed by atoms with Gasteiger partial charge in [0.25, 0.3) is 5.91 Å². The molecule has 0 spiro atoms. The van der Waals surface area contributed by atoms with Crippen molar-refractivity contribution in [3.05, 3.63) is 71.0 Å². The second-order valence-electron chi connectivity index (χ2n) is 8.20. The predicted octanol–water partition coefficient (Wildman–Crippen LogP) is 3.74. The van der Waals surface area contributed by atoms with Gasteiger partial charge in [-0.3, -0.25) is 14.6 Å². The van der Waals surface area contributed by atoms with E-state index in [0.29, 0.717) is 22.7 Å². The van der Waals surface area contributed by atoms with Crippen LogP contribution in [0, 0.1) is 11.7 Å². The summed E-state index contributed by atoms with van der Waals surface area (Å²) in [5.74, 6) is -1.59. The fourth-order valence-electron chi connectivity index (χ4n) is 3.95. The molecule has 0 aliphatic carbocycles. The number of rotatable bonds is 5. The van der Waals surface area contributed by atoms with Crippen LogP contribution in [0.4, 0.5) is 10.1 Å². The van der Waals surface area contributed by atoms with Gasteiger partial charge in [0.15, 0.2) is 0 Å². The number of aliphatic hydroxyl groups is 1. The average Bonchev–Trinajstić information content (AvgIpc) is 3.26. The quantitative estimate of drug-likeness (QED) is 0.528. The van der Waals surface area contributed by atoms with E-state index >= 15 is 0 Å². The number of allylic oxidation sites excluding steroid dienone is 1. The highest BCUT2D eigenvalue weighted by Crippen LogP contribution is 2.44. The van der Waals surface area contributed by atoms with Crippen LogP contribution in [0.3, 0.4) is 0 Å². The molecule has 1 aromatic heterocycles. The van der Waals surface area contributed by atoms with Crippen LogP contribution in [0.5, 0.6) is 0 Å². The van der Waals surface area contributed by atoms with Crippen LogP contribution in [0.2, 0.25) is 0 Å². The first-order valence-corrected chi connectivity index (χ1v) is 10.1. The van der Waals surface area contributed by atoms with Crippen molar-refractivity contribution in [2.45, 2.75) is 33.3 Å². The second-order valence-corrected chi connectivity index (χ2v) is 8.20. The van der Waals surface area contributed by atoms with E-state index in [1.165, 1.54) is 25.3 Å². The van der Waals surface area contributed by atoms with Crippen LogP contribution in [0.25, 0.3) is 11.1 Å². The molecule has 0 bridgehead atoms. The minimum absolute atomic E-state index is 0. The lowest BCUT2D eigenvalue weighted by atomic mass is 9.92. The number of hydrogen-bond donors (Lipinski definition) is 2. The Kier molecular flexibility index (Phi) is 6.69. The highest BCUT2D eigenvalue weighted by molar-refractivity contribution is 6.32. The molecule has 3 heterocycles. The summed E-state index contributed by atoms with van der Waals surface area (Å²) in [7, 11) is 1.28. The molecule has 1 amide bonds. The van der Waals surface area contributed by atoms with Crippen molar-refractivity contribution in [1.82, 2.24) is 4.98 Å². The number of halogens is 1. The Labute approximate surface area is 191 Å². The largest absolute Gasteiger partial charge is 0.482 e. The smallest absolute Gasteiger partial charge is 0.311 e. The summed E-state index contributed by atoms with van der Waals surface area (Å²) >= 11 is 0. The lowest BCUT2D eigenvalue weighted by Gasteiger charge is -2.23. The number of carbonyl (C=O) groups is 2. The first-order valence-electron chi connectivity index (χ1n) is 10.1. The number of hydrogen-bond acceptors (Lipinski definition) is 6. The molecule has 2 aromatic rings. The van der Waals surface area contributed by atoms with Crippen molar-refractivity contribution in [3.8, 4) is 0 Å². The van der Waals surface area contributed by atoms with Crippen molar-refractivity contribution < 1.29 is 28.6 Å². The lowest BCUT2D eigenvalue weighted by Crippen LogP contribution is -2.23. The van der Waals surface area contributed by atoms with Gasteiger partial charge in [-0.25, -0.2) is 4.39 Å². The van der Waals surface area contributed by atoms with E-state index in [1.54, 1.807) is 18.3 Å². The van der Waals surface area contributed by atoms with Crippen LogP contribution < -0.4 is 5.32 Å². The first-order chi connectivity index (χ1) is 15.2. The van der Waals surface area contributed by atoms with Gasteiger partial charge in [-0.1, -0.05) is 13.5 Å². The van der Waals surface area contributed by atoms with E-state index in [1.807, 2.05) is 19.9 Å². The molecule has 2 aliphatic heterocycles. The monoisotopic (exact) mass is 454 g/mol. The molecule has 0 fully saturated rings. The number of amides is 1. The molecule has 174 valence electrons. The Hall–Kier alpha value is -3.52. The maximum absolute atomic E-state index is 13.8. The first kappa shape index (κ1) is 24.1. The number of aromatic nitrogens is 1. The molecule has 2 aliphatic rings. The minimum Gasteiger partial charge on any atom is -0.482 e. The SMILES string of the molecule is C.COC(=O)[C@@H](CO)Cc1ccc(C2=C/C(=C3\C(=O)Nc4ccc(F)cc43)OC2(C)C)cn1. The zero-order chi connectivity index (χ0) is 23.0. The van der Waals surface area contributed by atoms with Crippen LogP contribution in [-0.4, -0.2) is 41.3 Å². The van der Waals surface area contributed by atoms with Crippen molar-refractivity contribution in [1.29, 1.82) is 0 Å². The molecule has 33 heavy (non-hydrogen) atoms. The summed E-state index contributed by atoms with van der Waals surface area (Å²) < 4.78 is 24.6. The Morgan fingerprint density at radius 2 is 2.06 bits per heavy atom. The summed E-state index contributed by atoms with van der Waals surface area (Å²) in [4.78, 5) is 28.7. The zero-order valence-corrected chi connectivity index (χ0v) is 17.9. The van der Waals surface area contributed by atoms with E-state index in [-0.39, 0.29) is 31.9 Å². The number of ether oxygens (including phenoxy) is 2. The van der Waals surface area contributed by atoms with Crippen LogP contribution in [0.1, 0.15) is 38.1 Å². The van der Waals surface area contributed by atoms with Crippen LogP contribution in [-0.2, 0) is 25.5 Å². The third-order valence-corrected chi connectivity index (χ3v) is 5.61. The number of fused-ring (bicyclic) bond motifs is 1. The molecular formula is C25H27FN2O5. The number of pyridine rings is 1. The van der Waals surface area contributed by atoms with Gasteiger partial charge in [-0.15, -0.1) is 0 Å². The van der Waals surface area contributed by atoms with Crippen LogP contribution in [0.15, 0.2) is 48.4 Å². The van der Waals surface area contributed by atoms with E-state index < -0.39 is 23.3 Å². The highest BCUT2D eigenvalue weighted by atomic mass is 19.1. The lowest BCUT2D eigenvalue weighted by molar-refractivity contribution is -0.146. The Bertz CT molecular complexity index is 1150. The molecule has 0 saturated heterocycles. The van der Waals surface area contributed by atoms with Gasteiger partial charge >= 0.3 is 5.97 Å². The average molecular weight is 454 g/mol. The van der Waals surface area contributed by atoms with Gasteiger partial charge in [-0.05, 0) is 44.2 Å². The molecule has 0 radical (unpaired) electrons. The molecule has 1 atom stereocenters. The van der Waals surface area contributed by atoms with E-state index in [2.05, 4.69) is 10.3 Å².